The molecule has 1 fully saturated rings. The van der Waals surface area contributed by atoms with Crippen molar-refractivity contribution in [3.05, 3.63) is 65.5 Å². The van der Waals surface area contributed by atoms with Crippen LogP contribution in [0.15, 0.2) is 42.5 Å². The van der Waals surface area contributed by atoms with Crippen LogP contribution in [-0.4, -0.2) is 30.0 Å². The Morgan fingerprint density at radius 3 is 2.54 bits per heavy atom. The summed E-state index contributed by atoms with van der Waals surface area (Å²) in [6.45, 7) is 0.968. The Balaban J connectivity index is 1.74. The van der Waals surface area contributed by atoms with Crippen molar-refractivity contribution in [2.45, 2.75) is 12.5 Å². The summed E-state index contributed by atoms with van der Waals surface area (Å²) in [6.07, 6.45) is 0. The lowest BCUT2D eigenvalue weighted by molar-refractivity contribution is -0.131. The van der Waals surface area contributed by atoms with E-state index in [4.69, 9.17) is 4.74 Å². The van der Waals surface area contributed by atoms with E-state index in [0.717, 1.165) is 23.1 Å². The first kappa shape index (κ1) is 17.8. The second kappa shape index (κ2) is 6.70. The van der Waals surface area contributed by atoms with Crippen LogP contribution in [0.5, 0.6) is 5.75 Å². The average molecular weight is 364 g/mol. The number of urea groups is 1. The van der Waals surface area contributed by atoms with E-state index < -0.39 is 34.9 Å². The van der Waals surface area contributed by atoms with Crippen molar-refractivity contribution in [2.75, 3.05) is 13.2 Å². The Hall–Kier alpha value is -3.03. The van der Waals surface area contributed by atoms with Gasteiger partial charge in [-0.05, 0) is 37.3 Å². The summed E-state index contributed by atoms with van der Waals surface area (Å²) in [7, 11) is 0. The van der Waals surface area contributed by atoms with E-state index in [1.807, 2.05) is 0 Å². The van der Waals surface area contributed by atoms with E-state index >= 15 is 0 Å². The highest BCUT2D eigenvalue weighted by Gasteiger charge is 2.50. The lowest BCUT2D eigenvalue weighted by Crippen LogP contribution is -2.42. The summed E-state index contributed by atoms with van der Waals surface area (Å²) in [4.78, 5) is 25.6. The van der Waals surface area contributed by atoms with Crippen LogP contribution in [0.4, 0.5) is 18.0 Å². The number of imide groups is 1. The smallest absolute Gasteiger partial charge is 0.325 e. The van der Waals surface area contributed by atoms with Crippen molar-refractivity contribution in [1.29, 1.82) is 0 Å². The van der Waals surface area contributed by atoms with E-state index in [2.05, 4.69) is 5.32 Å². The number of benzene rings is 2. The first-order valence-electron chi connectivity index (χ1n) is 7.80. The molecule has 3 amide bonds. The molecular weight excluding hydrogens is 349 g/mol. The lowest BCUT2D eigenvalue weighted by Gasteiger charge is -2.22. The van der Waals surface area contributed by atoms with Crippen molar-refractivity contribution >= 4 is 11.9 Å². The standard InChI is InChI=1S/C18H15F3N2O3/c1-18(12-10-11(19)6-7-13(12)20)16(24)23(17(25)22-18)8-9-26-15-5-3-2-4-14(15)21/h2-7,10H,8-9H2,1H3,(H,22,25)/t18-/m1/s1. The number of halogens is 3. The molecule has 0 saturated carbocycles. The number of nitrogens with zero attached hydrogens (tertiary/aromatic N) is 1. The van der Waals surface area contributed by atoms with Gasteiger partial charge in [-0.3, -0.25) is 9.69 Å². The molecule has 0 aromatic heterocycles. The maximum absolute atomic E-state index is 14.1. The number of ether oxygens (including phenoxy) is 1. The number of para-hydroxylation sites is 1. The van der Waals surface area contributed by atoms with Crippen molar-refractivity contribution in [2.24, 2.45) is 0 Å². The molecule has 1 heterocycles. The first-order valence-corrected chi connectivity index (χ1v) is 7.80. The fourth-order valence-corrected chi connectivity index (χ4v) is 2.77. The van der Waals surface area contributed by atoms with E-state index in [0.29, 0.717) is 0 Å². The maximum atomic E-state index is 14.1. The molecular formula is C18H15F3N2O3. The minimum absolute atomic E-state index is 0.0153. The normalized spacial score (nSPS) is 19.6. The topological polar surface area (TPSA) is 58.6 Å². The Bertz CT molecular complexity index is 875. The second-order valence-corrected chi connectivity index (χ2v) is 5.91. The van der Waals surface area contributed by atoms with Crippen molar-refractivity contribution < 1.29 is 27.5 Å². The summed E-state index contributed by atoms with van der Waals surface area (Å²) in [5, 5.41) is 2.38. The maximum Gasteiger partial charge on any atom is 0.325 e. The summed E-state index contributed by atoms with van der Waals surface area (Å²) in [5.41, 5.74) is -2.00. The van der Waals surface area contributed by atoms with Gasteiger partial charge in [0.25, 0.3) is 5.91 Å². The van der Waals surface area contributed by atoms with Gasteiger partial charge >= 0.3 is 6.03 Å². The highest BCUT2D eigenvalue weighted by atomic mass is 19.1. The van der Waals surface area contributed by atoms with E-state index in [1.54, 1.807) is 6.07 Å². The van der Waals surface area contributed by atoms with Gasteiger partial charge in [-0.15, -0.1) is 0 Å². The third-order valence-corrected chi connectivity index (χ3v) is 4.15. The highest BCUT2D eigenvalue weighted by molar-refractivity contribution is 6.07. The van der Waals surface area contributed by atoms with Crippen molar-refractivity contribution in [3.63, 3.8) is 0 Å². The van der Waals surface area contributed by atoms with Crippen LogP contribution in [-0.2, 0) is 10.3 Å². The Morgan fingerprint density at radius 2 is 1.81 bits per heavy atom. The second-order valence-electron chi connectivity index (χ2n) is 5.91. The third-order valence-electron chi connectivity index (χ3n) is 4.15. The number of carbonyl (C=O) groups excluding carboxylic acids is 2. The average Bonchev–Trinajstić information content (AvgIpc) is 2.82. The molecule has 5 nitrogen and oxygen atoms in total. The molecule has 2 aromatic carbocycles. The monoisotopic (exact) mass is 364 g/mol. The molecule has 26 heavy (non-hydrogen) atoms. The Kier molecular flexibility index (Phi) is 4.58. The molecule has 136 valence electrons. The first-order chi connectivity index (χ1) is 12.3. The van der Waals surface area contributed by atoms with Gasteiger partial charge in [-0.2, -0.15) is 0 Å². The number of rotatable bonds is 5. The Morgan fingerprint density at radius 1 is 1.08 bits per heavy atom. The number of hydrogen-bond donors (Lipinski definition) is 1. The van der Waals surface area contributed by atoms with E-state index in [9.17, 15) is 22.8 Å². The highest BCUT2D eigenvalue weighted by Crippen LogP contribution is 2.31. The molecule has 1 saturated heterocycles. The minimum atomic E-state index is -1.73. The van der Waals surface area contributed by atoms with E-state index in [-0.39, 0.29) is 24.5 Å². The number of hydrogen-bond acceptors (Lipinski definition) is 3. The van der Waals surface area contributed by atoms with Crippen LogP contribution < -0.4 is 10.1 Å². The molecule has 2 aromatic rings. The fourth-order valence-electron chi connectivity index (χ4n) is 2.77. The van der Waals surface area contributed by atoms with Crippen molar-refractivity contribution in [1.82, 2.24) is 10.2 Å². The summed E-state index contributed by atoms with van der Waals surface area (Å²) >= 11 is 0. The van der Waals surface area contributed by atoms with Gasteiger partial charge in [0.1, 0.15) is 23.8 Å². The fraction of sp³-hybridized carbons (Fsp3) is 0.222. The molecule has 1 N–H and O–H groups in total. The number of amides is 3. The van der Waals surface area contributed by atoms with Crippen LogP contribution in [0.25, 0.3) is 0 Å². The van der Waals surface area contributed by atoms with Crippen LogP contribution in [0.1, 0.15) is 12.5 Å². The zero-order chi connectivity index (χ0) is 18.9. The molecule has 1 aliphatic rings. The molecule has 0 bridgehead atoms. The predicted molar refractivity (Wildman–Crippen MR) is 85.8 cm³/mol. The van der Waals surface area contributed by atoms with Crippen LogP contribution in [0, 0.1) is 17.5 Å². The molecule has 0 spiro atoms. The molecule has 0 unspecified atom stereocenters. The largest absolute Gasteiger partial charge is 0.489 e. The summed E-state index contributed by atoms with van der Waals surface area (Å²) in [5.74, 6) is -2.88. The van der Waals surface area contributed by atoms with Gasteiger partial charge in [-0.1, -0.05) is 12.1 Å². The van der Waals surface area contributed by atoms with Crippen LogP contribution in [0.3, 0.4) is 0 Å². The van der Waals surface area contributed by atoms with E-state index in [1.165, 1.54) is 25.1 Å². The lowest BCUT2D eigenvalue weighted by atomic mass is 9.91. The van der Waals surface area contributed by atoms with Crippen LogP contribution in [0.2, 0.25) is 0 Å². The predicted octanol–water partition coefficient (Wildman–Crippen LogP) is 2.95. The zero-order valence-corrected chi connectivity index (χ0v) is 13.8. The molecule has 1 atom stereocenters. The summed E-state index contributed by atoms with van der Waals surface area (Å²) in [6, 6.07) is 7.61. The molecule has 3 rings (SSSR count). The van der Waals surface area contributed by atoms with Gasteiger partial charge in [0.05, 0.1) is 6.54 Å². The molecule has 1 aliphatic heterocycles. The van der Waals surface area contributed by atoms with Gasteiger partial charge in [0.2, 0.25) is 0 Å². The quantitative estimate of drug-likeness (QED) is 0.830. The third kappa shape index (κ3) is 3.10. The number of nitrogens with one attached hydrogen (secondary N) is 1. The van der Waals surface area contributed by atoms with Gasteiger partial charge in [0.15, 0.2) is 11.6 Å². The summed E-state index contributed by atoms with van der Waals surface area (Å²) < 4.78 is 46.3. The molecule has 0 aliphatic carbocycles. The van der Waals surface area contributed by atoms with Crippen molar-refractivity contribution in [3.8, 4) is 5.75 Å². The zero-order valence-electron chi connectivity index (χ0n) is 13.8. The Labute approximate surface area is 147 Å². The van der Waals surface area contributed by atoms with Crippen LogP contribution >= 0.6 is 0 Å². The SMILES string of the molecule is C[C@]1(c2cc(F)ccc2F)NC(=O)N(CCOc2ccccc2F)C1=O. The molecule has 8 heteroatoms. The van der Waals surface area contributed by atoms with Gasteiger partial charge < -0.3 is 10.1 Å². The minimum Gasteiger partial charge on any atom is -0.489 e. The van der Waals surface area contributed by atoms with Gasteiger partial charge in [-0.25, -0.2) is 18.0 Å². The number of carbonyl (C=O) groups is 2. The molecule has 0 radical (unpaired) electrons. The van der Waals surface area contributed by atoms with Gasteiger partial charge in [0, 0.05) is 5.56 Å².